The molecule has 0 saturated carbocycles. The van der Waals surface area contributed by atoms with Crippen LogP contribution in [0.4, 0.5) is 0 Å². The van der Waals surface area contributed by atoms with Gasteiger partial charge in [0.1, 0.15) is 23.9 Å². The Morgan fingerprint density at radius 3 is 2.08 bits per heavy atom. The van der Waals surface area contributed by atoms with Gasteiger partial charge in [0.25, 0.3) is 11.7 Å². The van der Waals surface area contributed by atoms with Gasteiger partial charge in [-0.15, -0.1) is 0 Å². The van der Waals surface area contributed by atoms with Gasteiger partial charge in [-0.25, -0.2) is 0 Å². The van der Waals surface area contributed by atoms with E-state index >= 15 is 0 Å². The zero-order valence-corrected chi connectivity index (χ0v) is 22.8. The summed E-state index contributed by atoms with van der Waals surface area (Å²) in [5.74, 6) is -0.154. The van der Waals surface area contributed by atoms with Gasteiger partial charge < -0.3 is 24.4 Å². The van der Waals surface area contributed by atoms with Crippen molar-refractivity contribution in [3.05, 3.63) is 101 Å². The molecule has 4 rings (SSSR count). The molecule has 7 heteroatoms. The first-order valence-corrected chi connectivity index (χ1v) is 13.5. The molecule has 0 bridgehead atoms. The second kappa shape index (κ2) is 13.1. The lowest BCUT2D eigenvalue weighted by atomic mass is 9.95. The van der Waals surface area contributed by atoms with E-state index in [1.54, 1.807) is 29.2 Å². The third-order valence-corrected chi connectivity index (χ3v) is 6.97. The van der Waals surface area contributed by atoms with E-state index in [-0.39, 0.29) is 11.3 Å². The van der Waals surface area contributed by atoms with Crippen molar-refractivity contribution in [1.29, 1.82) is 0 Å². The van der Waals surface area contributed by atoms with Crippen LogP contribution < -0.4 is 9.47 Å². The SMILES string of the molecule is CCOc1ccc(C2/C(=C(\O)c3ccc(OCc4ccccc4)cc3)C(=O)C(=O)N2CCN(CC)CC)cc1. The van der Waals surface area contributed by atoms with Crippen LogP contribution in [0.25, 0.3) is 5.76 Å². The lowest BCUT2D eigenvalue weighted by Gasteiger charge is -2.28. The molecule has 1 heterocycles. The van der Waals surface area contributed by atoms with Crippen molar-refractivity contribution in [1.82, 2.24) is 9.80 Å². The maximum absolute atomic E-state index is 13.3. The number of aliphatic hydroxyl groups is 1. The number of aliphatic hydroxyl groups excluding tert-OH is 1. The minimum absolute atomic E-state index is 0.0849. The summed E-state index contributed by atoms with van der Waals surface area (Å²) in [6.45, 7) is 9.67. The predicted octanol–water partition coefficient (Wildman–Crippen LogP) is 5.43. The number of carbonyl (C=O) groups is 2. The summed E-state index contributed by atoms with van der Waals surface area (Å²) < 4.78 is 11.4. The molecule has 1 amide bonds. The standard InChI is InChI=1S/C32H36N2O5/c1-4-33(5-2)20-21-34-29(24-12-16-26(17-13-24)38-6-3)28(31(36)32(34)37)30(35)25-14-18-27(19-15-25)39-22-23-10-8-7-9-11-23/h7-19,29,35H,4-6,20-22H2,1-3H3/b30-28+. The molecular weight excluding hydrogens is 492 g/mol. The van der Waals surface area contributed by atoms with Crippen LogP contribution in [0.3, 0.4) is 0 Å². The Morgan fingerprint density at radius 2 is 1.46 bits per heavy atom. The average Bonchev–Trinajstić information content (AvgIpc) is 3.22. The molecule has 1 atom stereocenters. The Bertz CT molecular complexity index is 1280. The van der Waals surface area contributed by atoms with E-state index in [1.807, 2.05) is 61.5 Å². The molecule has 0 aromatic heterocycles. The molecule has 39 heavy (non-hydrogen) atoms. The summed E-state index contributed by atoms with van der Waals surface area (Å²) in [5.41, 5.74) is 2.31. The highest BCUT2D eigenvalue weighted by atomic mass is 16.5. The van der Waals surface area contributed by atoms with Gasteiger partial charge >= 0.3 is 0 Å². The number of hydrogen-bond acceptors (Lipinski definition) is 6. The van der Waals surface area contributed by atoms with Gasteiger partial charge in [0.2, 0.25) is 0 Å². The first-order chi connectivity index (χ1) is 19.0. The summed E-state index contributed by atoms with van der Waals surface area (Å²) in [7, 11) is 0. The van der Waals surface area contributed by atoms with Gasteiger partial charge in [-0.05, 0) is 67.5 Å². The van der Waals surface area contributed by atoms with E-state index in [9.17, 15) is 14.7 Å². The number of likely N-dealkylation sites (tertiary alicyclic amines) is 1. The fourth-order valence-corrected chi connectivity index (χ4v) is 4.76. The molecule has 0 spiro atoms. The van der Waals surface area contributed by atoms with Gasteiger partial charge in [-0.2, -0.15) is 0 Å². The molecule has 1 N–H and O–H groups in total. The summed E-state index contributed by atoms with van der Waals surface area (Å²) >= 11 is 0. The molecule has 1 fully saturated rings. The zero-order chi connectivity index (χ0) is 27.8. The van der Waals surface area contributed by atoms with E-state index in [4.69, 9.17) is 9.47 Å². The van der Waals surface area contributed by atoms with E-state index in [0.717, 1.165) is 24.2 Å². The number of hydrogen-bond donors (Lipinski definition) is 1. The number of ketones is 1. The van der Waals surface area contributed by atoms with Crippen LogP contribution in [0, 0.1) is 0 Å². The largest absolute Gasteiger partial charge is 0.507 e. The Morgan fingerprint density at radius 1 is 0.846 bits per heavy atom. The topological polar surface area (TPSA) is 79.3 Å². The Labute approximate surface area is 230 Å². The van der Waals surface area contributed by atoms with Crippen LogP contribution in [-0.4, -0.2) is 59.4 Å². The van der Waals surface area contributed by atoms with E-state index in [0.29, 0.717) is 43.4 Å². The van der Waals surface area contributed by atoms with Crippen LogP contribution in [0.1, 0.15) is 43.5 Å². The molecule has 7 nitrogen and oxygen atoms in total. The van der Waals surface area contributed by atoms with Crippen LogP contribution in [-0.2, 0) is 16.2 Å². The fraction of sp³-hybridized carbons (Fsp3) is 0.312. The van der Waals surface area contributed by atoms with Crippen LogP contribution in [0.2, 0.25) is 0 Å². The number of ether oxygens (including phenoxy) is 2. The molecular formula is C32H36N2O5. The molecule has 3 aromatic carbocycles. The molecule has 1 saturated heterocycles. The highest BCUT2D eigenvalue weighted by molar-refractivity contribution is 6.46. The average molecular weight is 529 g/mol. The van der Waals surface area contributed by atoms with E-state index in [1.165, 1.54) is 0 Å². The highest BCUT2D eigenvalue weighted by Gasteiger charge is 2.46. The molecule has 3 aromatic rings. The number of nitrogens with zero attached hydrogens (tertiary/aromatic N) is 2. The molecule has 0 aliphatic carbocycles. The molecule has 204 valence electrons. The lowest BCUT2D eigenvalue weighted by molar-refractivity contribution is -0.140. The Hall–Kier alpha value is -4.10. The van der Waals surface area contributed by atoms with Gasteiger partial charge in [0.15, 0.2) is 0 Å². The first-order valence-electron chi connectivity index (χ1n) is 13.5. The van der Waals surface area contributed by atoms with Crippen molar-refractivity contribution in [2.24, 2.45) is 0 Å². The second-order valence-electron chi connectivity index (χ2n) is 9.32. The van der Waals surface area contributed by atoms with Crippen molar-refractivity contribution in [3.63, 3.8) is 0 Å². The minimum Gasteiger partial charge on any atom is -0.507 e. The van der Waals surface area contributed by atoms with Gasteiger partial charge in [0, 0.05) is 18.7 Å². The van der Waals surface area contributed by atoms with E-state index < -0.39 is 17.7 Å². The number of likely N-dealkylation sites (N-methyl/N-ethyl adjacent to an activating group) is 1. The summed E-state index contributed by atoms with van der Waals surface area (Å²) in [6, 6.07) is 23.4. The number of Topliss-reactive ketones (excluding diaryl/α,β-unsaturated/α-hetero) is 1. The maximum Gasteiger partial charge on any atom is 0.295 e. The quantitative estimate of drug-likeness (QED) is 0.192. The Kier molecular flexibility index (Phi) is 9.39. The number of rotatable bonds is 12. The highest BCUT2D eigenvalue weighted by Crippen LogP contribution is 2.40. The van der Waals surface area contributed by atoms with Crippen molar-refractivity contribution >= 4 is 17.4 Å². The summed E-state index contributed by atoms with van der Waals surface area (Å²) in [5, 5.41) is 11.4. The van der Waals surface area contributed by atoms with Crippen molar-refractivity contribution < 1.29 is 24.2 Å². The number of benzene rings is 3. The zero-order valence-electron chi connectivity index (χ0n) is 22.8. The monoisotopic (exact) mass is 528 g/mol. The van der Waals surface area contributed by atoms with Crippen molar-refractivity contribution in [3.8, 4) is 11.5 Å². The number of amides is 1. The van der Waals surface area contributed by atoms with Crippen LogP contribution in [0.15, 0.2) is 84.4 Å². The van der Waals surface area contributed by atoms with Gasteiger partial charge in [-0.3, -0.25) is 9.59 Å². The molecule has 1 aliphatic heterocycles. The maximum atomic E-state index is 13.3. The third kappa shape index (κ3) is 6.49. The van der Waals surface area contributed by atoms with Crippen LogP contribution >= 0.6 is 0 Å². The lowest BCUT2D eigenvalue weighted by Crippen LogP contribution is -2.38. The normalized spacial score (nSPS) is 16.6. The fourth-order valence-electron chi connectivity index (χ4n) is 4.76. The molecule has 1 unspecified atom stereocenters. The smallest absolute Gasteiger partial charge is 0.295 e. The second-order valence-corrected chi connectivity index (χ2v) is 9.32. The summed E-state index contributed by atoms with van der Waals surface area (Å²) in [6.07, 6.45) is 0. The van der Waals surface area contributed by atoms with E-state index in [2.05, 4.69) is 18.7 Å². The summed E-state index contributed by atoms with van der Waals surface area (Å²) in [4.78, 5) is 30.3. The van der Waals surface area contributed by atoms with Crippen molar-refractivity contribution in [2.45, 2.75) is 33.4 Å². The molecule has 0 radical (unpaired) electrons. The van der Waals surface area contributed by atoms with Crippen molar-refractivity contribution in [2.75, 3.05) is 32.8 Å². The first kappa shape index (κ1) is 27.9. The Balaban J connectivity index is 1.65. The number of carbonyl (C=O) groups excluding carboxylic acids is 2. The van der Waals surface area contributed by atoms with Gasteiger partial charge in [-0.1, -0.05) is 56.3 Å². The predicted molar refractivity (Wildman–Crippen MR) is 152 cm³/mol. The third-order valence-electron chi connectivity index (χ3n) is 6.97. The van der Waals surface area contributed by atoms with Crippen LogP contribution in [0.5, 0.6) is 11.5 Å². The molecule has 1 aliphatic rings. The minimum atomic E-state index is -0.703. The van der Waals surface area contributed by atoms with Gasteiger partial charge in [0.05, 0.1) is 18.2 Å².